The number of ether oxygens (including phenoxy) is 1. The molecular formula is C13H21N5O. The minimum atomic E-state index is -0.0563. The van der Waals surface area contributed by atoms with Crippen LogP contribution in [0.5, 0.6) is 0 Å². The molecule has 1 aromatic rings. The molecule has 6 heteroatoms. The van der Waals surface area contributed by atoms with Crippen LogP contribution in [0.15, 0.2) is 6.07 Å². The van der Waals surface area contributed by atoms with E-state index in [9.17, 15) is 0 Å². The second-order valence-corrected chi connectivity index (χ2v) is 5.76. The summed E-state index contributed by atoms with van der Waals surface area (Å²) in [6.07, 6.45) is 4.51. The van der Waals surface area contributed by atoms with Gasteiger partial charge in [-0.05, 0) is 32.6 Å². The average Bonchev–Trinajstić information content (AvgIpc) is 3.23. The zero-order valence-electron chi connectivity index (χ0n) is 11.3. The maximum absolute atomic E-state index is 5.56. The molecule has 0 bridgehead atoms. The van der Waals surface area contributed by atoms with Crippen molar-refractivity contribution in [1.29, 1.82) is 0 Å². The van der Waals surface area contributed by atoms with Crippen molar-refractivity contribution in [3.05, 3.63) is 11.9 Å². The molecule has 1 aliphatic carbocycles. The van der Waals surface area contributed by atoms with E-state index in [2.05, 4.69) is 27.6 Å². The predicted octanol–water partition coefficient (Wildman–Crippen LogP) is 1.62. The van der Waals surface area contributed by atoms with Crippen LogP contribution in [0.1, 0.15) is 44.3 Å². The van der Waals surface area contributed by atoms with Gasteiger partial charge in [0.1, 0.15) is 17.5 Å². The van der Waals surface area contributed by atoms with Gasteiger partial charge in [0.15, 0.2) is 0 Å². The first-order valence-corrected chi connectivity index (χ1v) is 6.90. The third-order valence-corrected chi connectivity index (χ3v) is 3.70. The molecule has 1 unspecified atom stereocenters. The van der Waals surface area contributed by atoms with Crippen molar-refractivity contribution >= 4 is 11.6 Å². The van der Waals surface area contributed by atoms with E-state index in [1.165, 1.54) is 12.8 Å². The largest absolute Gasteiger partial charge is 0.379 e. The fraction of sp³-hybridized carbons (Fsp3) is 0.692. The summed E-state index contributed by atoms with van der Waals surface area (Å²) in [7, 11) is 0. The Morgan fingerprint density at radius 2 is 2.16 bits per heavy atom. The third kappa shape index (κ3) is 2.96. The van der Waals surface area contributed by atoms with Gasteiger partial charge in [0.25, 0.3) is 0 Å². The lowest BCUT2D eigenvalue weighted by molar-refractivity contribution is 0.0539. The lowest BCUT2D eigenvalue weighted by Gasteiger charge is -2.34. The molecule has 1 saturated carbocycles. The van der Waals surface area contributed by atoms with Crippen LogP contribution in [0, 0.1) is 0 Å². The van der Waals surface area contributed by atoms with Gasteiger partial charge in [-0.2, -0.15) is 0 Å². The fourth-order valence-corrected chi connectivity index (χ4v) is 2.47. The van der Waals surface area contributed by atoms with Crippen LogP contribution >= 0.6 is 0 Å². The standard InChI is InChI=1S/C13H21N5O/c1-13(5-2-6-19-8-13)17-10-7-11(18-14)16-12(15-10)9-3-4-9/h7,9H,2-6,8,14H2,1H3,(H2,15,16,17,18). The van der Waals surface area contributed by atoms with Gasteiger partial charge in [0.2, 0.25) is 0 Å². The van der Waals surface area contributed by atoms with E-state index in [-0.39, 0.29) is 5.54 Å². The Morgan fingerprint density at radius 3 is 2.79 bits per heavy atom. The van der Waals surface area contributed by atoms with Crippen LogP contribution in [0.4, 0.5) is 11.6 Å². The molecule has 1 aliphatic heterocycles. The quantitative estimate of drug-likeness (QED) is 0.565. The Morgan fingerprint density at radius 1 is 1.37 bits per heavy atom. The van der Waals surface area contributed by atoms with Crippen LogP contribution in [0.25, 0.3) is 0 Å². The number of nitrogen functional groups attached to an aromatic ring is 1. The van der Waals surface area contributed by atoms with Crippen molar-refractivity contribution < 1.29 is 4.74 Å². The molecule has 0 spiro atoms. The fourth-order valence-electron chi connectivity index (χ4n) is 2.47. The number of hydrogen-bond donors (Lipinski definition) is 3. The summed E-state index contributed by atoms with van der Waals surface area (Å²) in [5, 5.41) is 3.48. The van der Waals surface area contributed by atoms with Gasteiger partial charge >= 0.3 is 0 Å². The lowest BCUT2D eigenvalue weighted by Crippen LogP contribution is -2.43. The molecule has 104 valence electrons. The number of nitrogens with zero attached hydrogens (tertiary/aromatic N) is 2. The van der Waals surface area contributed by atoms with Crippen LogP contribution in [-0.4, -0.2) is 28.7 Å². The van der Waals surface area contributed by atoms with Crippen molar-refractivity contribution in [2.24, 2.45) is 5.84 Å². The molecule has 0 amide bonds. The zero-order chi connectivity index (χ0) is 13.3. The number of nitrogens with two attached hydrogens (primary N) is 1. The Hall–Kier alpha value is -1.40. The number of hydrazine groups is 1. The molecular weight excluding hydrogens is 242 g/mol. The summed E-state index contributed by atoms with van der Waals surface area (Å²) in [6.45, 7) is 3.73. The predicted molar refractivity (Wildman–Crippen MR) is 73.9 cm³/mol. The van der Waals surface area contributed by atoms with Gasteiger partial charge < -0.3 is 15.5 Å². The van der Waals surface area contributed by atoms with Gasteiger partial charge in [-0.15, -0.1) is 0 Å². The van der Waals surface area contributed by atoms with E-state index in [4.69, 9.17) is 10.6 Å². The average molecular weight is 263 g/mol. The molecule has 2 heterocycles. The highest BCUT2D eigenvalue weighted by molar-refractivity contribution is 5.49. The molecule has 6 nitrogen and oxygen atoms in total. The van der Waals surface area contributed by atoms with Gasteiger partial charge in [0, 0.05) is 18.6 Å². The number of nitrogens with one attached hydrogen (secondary N) is 2. The van der Waals surface area contributed by atoms with Crippen molar-refractivity contribution in [2.75, 3.05) is 24.0 Å². The van der Waals surface area contributed by atoms with E-state index in [0.717, 1.165) is 31.1 Å². The topological polar surface area (TPSA) is 85.1 Å². The van der Waals surface area contributed by atoms with E-state index in [0.29, 0.717) is 18.3 Å². The van der Waals surface area contributed by atoms with E-state index in [1.807, 2.05) is 6.07 Å². The summed E-state index contributed by atoms with van der Waals surface area (Å²) >= 11 is 0. The van der Waals surface area contributed by atoms with Gasteiger partial charge in [-0.1, -0.05) is 0 Å². The van der Waals surface area contributed by atoms with Crippen LogP contribution < -0.4 is 16.6 Å². The van der Waals surface area contributed by atoms with Gasteiger partial charge in [-0.3, -0.25) is 0 Å². The molecule has 1 aromatic heterocycles. The maximum Gasteiger partial charge on any atom is 0.145 e. The first-order chi connectivity index (χ1) is 9.18. The molecule has 3 rings (SSSR count). The zero-order valence-corrected chi connectivity index (χ0v) is 11.3. The van der Waals surface area contributed by atoms with Crippen molar-refractivity contribution in [2.45, 2.75) is 44.1 Å². The highest BCUT2D eigenvalue weighted by atomic mass is 16.5. The molecule has 19 heavy (non-hydrogen) atoms. The Labute approximate surface area is 113 Å². The number of anilines is 2. The second kappa shape index (κ2) is 4.94. The molecule has 0 radical (unpaired) electrons. The highest BCUT2D eigenvalue weighted by Gasteiger charge is 2.30. The van der Waals surface area contributed by atoms with Crippen LogP contribution in [0.3, 0.4) is 0 Å². The Kier molecular flexibility index (Phi) is 3.28. The Bertz CT molecular complexity index is 454. The van der Waals surface area contributed by atoms with Crippen molar-refractivity contribution in [1.82, 2.24) is 9.97 Å². The van der Waals surface area contributed by atoms with Crippen LogP contribution in [0.2, 0.25) is 0 Å². The molecule has 0 aromatic carbocycles. The smallest absolute Gasteiger partial charge is 0.145 e. The number of aromatic nitrogens is 2. The van der Waals surface area contributed by atoms with E-state index >= 15 is 0 Å². The number of rotatable bonds is 4. The highest BCUT2D eigenvalue weighted by Crippen LogP contribution is 2.39. The minimum Gasteiger partial charge on any atom is -0.379 e. The van der Waals surface area contributed by atoms with Crippen molar-refractivity contribution in [3.8, 4) is 0 Å². The first-order valence-electron chi connectivity index (χ1n) is 6.90. The second-order valence-electron chi connectivity index (χ2n) is 5.76. The number of hydrogen-bond acceptors (Lipinski definition) is 6. The Balaban J connectivity index is 1.80. The molecule has 2 aliphatic rings. The van der Waals surface area contributed by atoms with Gasteiger partial charge in [0.05, 0.1) is 12.1 Å². The summed E-state index contributed by atoms with van der Waals surface area (Å²) in [5.41, 5.74) is 2.56. The summed E-state index contributed by atoms with van der Waals surface area (Å²) in [6, 6.07) is 1.85. The lowest BCUT2D eigenvalue weighted by atomic mass is 9.95. The SMILES string of the molecule is CC1(Nc2cc(NN)nc(C3CC3)n2)CCCOC1. The molecule has 1 atom stereocenters. The van der Waals surface area contributed by atoms with E-state index in [1.54, 1.807) is 0 Å². The van der Waals surface area contributed by atoms with Crippen LogP contribution in [-0.2, 0) is 4.74 Å². The summed E-state index contributed by atoms with van der Waals surface area (Å²) in [4.78, 5) is 9.02. The maximum atomic E-state index is 5.56. The first kappa shape index (κ1) is 12.6. The molecule has 4 N–H and O–H groups in total. The van der Waals surface area contributed by atoms with Crippen molar-refractivity contribution in [3.63, 3.8) is 0 Å². The molecule has 2 fully saturated rings. The third-order valence-electron chi connectivity index (χ3n) is 3.70. The normalized spacial score (nSPS) is 27.1. The summed E-state index contributed by atoms with van der Waals surface area (Å²) < 4.78 is 5.56. The van der Waals surface area contributed by atoms with E-state index < -0.39 is 0 Å². The summed E-state index contributed by atoms with van der Waals surface area (Å²) in [5.74, 6) is 8.37. The molecule has 1 saturated heterocycles. The van der Waals surface area contributed by atoms with Gasteiger partial charge in [-0.25, -0.2) is 15.8 Å². The minimum absolute atomic E-state index is 0.0563. The monoisotopic (exact) mass is 263 g/mol.